The summed E-state index contributed by atoms with van der Waals surface area (Å²) in [5.41, 5.74) is 0.843. The van der Waals surface area contributed by atoms with Crippen molar-refractivity contribution in [1.82, 2.24) is 4.98 Å². The van der Waals surface area contributed by atoms with Crippen LogP contribution in [0.2, 0.25) is 0 Å². The standard InChI is InChI=1S/C17H23NO2/c1-2-3-4-5-8-11-20-17-16-10-7-6-9-15(16)14(13-19)12-18-17/h6-7,9-10,12,19H,2-5,8,11,13H2,1H3. The molecule has 0 fully saturated rings. The third-order valence-electron chi connectivity index (χ3n) is 3.50. The van der Waals surface area contributed by atoms with E-state index in [1.807, 2.05) is 24.3 Å². The zero-order valence-electron chi connectivity index (χ0n) is 12.1. The van der Waals surface area contributed by atoms with E-state index < -0.39 is 0 Å². The maximum atomic E-state index is 9.34. The number of aromatic nitrogens is 1. The highest BCUT2D eigenvalue weighted by Crippen LogP contribution is 2.26. The van der Waals surface area contributed by atoms with Crippen molar-refractivity contribution < 1.29 is 9.84 Å². The first kappa shape index (κ1) is 14.8. The number of pyridine rings is 1. The van der Waals surface area contributed by atoms with Gasteiger partial charge in [0.25, 0.3) is 0 Å². The van der Waals surface area contributed by atoms with E-state index in [1.54, 1.807) is 6.20 Å². The summed E-state index contributed by atoms with van der Waals surface area (Å²) in [6.45, 7) is 2.93. The third-order valence-corrected chi connectivity index (χ3v) is 3.50. The van der Waals surface area contributed by atoms with Crippen LogP contribution in [0.3, 0.4) is 0 Å². The summed E-state index contributed by atoms with van der Waals surface area (Å²) in [5, 5.41) is 11.3. The second kappa shape index (κ2) is 7.85. The van der Waals surface area contributed by atoms with Gasteiger partial charge in [-0.25, -0.2) is 4.98 Å². The van der Waals surface area contributed by atoms with Crippen molar-refractivity contribution in [3.05, 3.63) is 36.0 Å². The van der Waals surface area contributed by atoms with Crippen LogP contribution in [0.4, 0.5) is 0 Å². The fourth-order valence-electron chi connectivity index (χ4n) is 2.34. The average Bonchev–Trinajstić information content (AvgIpc) is 2.50. The molecule has 20 heavy (non-hydrogen) atoms. The van der Waals surface area contributed by atoms with Gasteiger partial charge < -0.3 is 9.84 Å². The quantitative estimate of drug-likeness (QED) is 0.737. The van der Waals surface area contributed by atoms with Gasteiger partial charge in [0, 0.05) is 17.1 Å². The maximum Gasteiger partial charge on any atom is 0.221 e. The summed E-state index contributed by atoms with van der Waals surface area (Å²) in [6.07, 6.45) is 7.81. The molecule has 0 aliphatic heterocycles. The monoisotopic (exact) mass is 273 g/mol. The van der Waals surface area contributed by atoms with Crippen LogP contribution in [-0.2, 0) is 6.61 Å². The Morgan fingerprint density at radius 2 is 1.80 bits per heavy atom. The van der Waals surface area contributed by atoms with E-state index in [-0.39, 0.29) is 6.61 Å². The van der Waals surface area contributed by atoms with Crippen LogP contribution in [0.1, 0.15) is 44.6 Å². The summed E-state index contributed by atoms with van der Waals surface area (Å²) in [7, 11) is 0. The average molecular weight is 273 g/mol. The van der Waals surface area contributed by atoms with Crippen LogP contribution < -0.4 is 4.74 Å². The zero-order chi connectivity index (χ0) is 14.2. The summed E-state index contributed by atoms with van der Waals surface area (Å²) in [4.78, 5) is 4.33. The summed E-state index contributed by atoms with van der Waals surface area (Å²) in [6, 6.07) is 7.93. The molecule has 0 saturated heterocycles. The molecule has 0 saturated carbocycles. The Bertz CT molecular complexity index is 540. The number of benzene rings is 1. The van der Waals surface area contributed by atoms with E-state index in [1.165, 1.54) is 25.7 Å². The van der Waals surface area contributed by atoms with Gasteiger partial charge in [0.05, 0.1) is 13.2 Å². The first-order valence-electron chi connectivity index (χ1n) is 7.47. The molecule has 0 bridgehead atoms. The zero-order valence-corrected chi connectivity index (χ0v) is 12.1. The summed E-state index contributed by atoms with van der Waals surface area (Å²) < 4.78 is 5.81. The van der Waals surface area contributed by atoms with E-state index in [4.69, 9.17) is 4.74 Å². The van der Waals surface area contributed by atoms with Crippen molar-refractivity contribution in [2.75, 3.05) is 6.61 Å². The Hall–Kier alpha value is -1.61. The number of fused-ring (bicyclic) bond motifs is 1. The van der Waals surface area contributed by atoms with E-state index in [2.05, 4.69) is 11.9 Å². The highest BCUT2D eigenvalue weighted by atomic mass is 16.5. The molecule has 1 N–H and O–H groups in total. The normalized spacial score (nSPS) is 10.9. The van der Waals surface area contributed by atoms with E-state index in [0.29, 0.717) is 12.5 Å². The van der Waals surface area contributed by atoms with Crippen LogP contribution >= 0.6 is 0 Å². The summed E-state index contributed by atoms with van der Waals surface area (Å²) in [5.74, 6) is 0.674. The Labute approximate surface area is 120 Å². The Balaban J connectivity index is 2.00. The number of ether oxygens (including phenoxy) is 1. The van der Waals surface area contributed by atoms with Gasteiger partial charge in [0.2, 0.25) is 5.88 Å². The highest BCUT2D eigenvalue weighted by Gasteiger charge is 2.07. The van der Waals surface area contributed by atoms with Gasteiger partial charge in [-0.05, 0) is 17.9 Å². The van der Waals surface area contributed by atoms with Crippen LogP contribution in [0, 0.1) is 0 Å². The van der Waals surface area contributed by atoms with Crippen LogP contribution in [0.25, 0.3) is 10.8 Å². The van der Waals surface area contributed by atoms with Crippen LogP contribution in [0.15, 0.2) is 30.5 Å². The van der Waals surface area contributed by atoms with Crippen molar-refractivity contribution in [2.45, 2.75) is 45.6 Å². The molecule has 0 amide bonds. The molecule has 2 rings (SSSR count). The SMILES string of the molecule is CCCCCCCOc1ncc(CO)c2ccccc12. The van der Waals surface area contributed by atoms with Gasteiger partial charge >= 0.3 is 0 Å². The fourth-order valence-corrected chi connectivity index (χ4v) is 2.34. The molecular formula is C17H23NO2. The molecule has 3 nitrogen and oxygen atoms in total. The topological polar surface area (TPSA) is 42.4 Å². The molecule has 2 aromatic rings. The van der Waals surface area contributed by atoms with Crippen molar-refractivity contribution in [2.24, 2.45) is 0 Å². The van der Waals surface area contributed by atoms with Crippen molar-refractivity contribution in [3.63, 3.8) is 0 Å². The predicted molar refractivity (Wildman–Crippen MR) is 81.9 cm³/mol. The highest BCUT2D eigenvalue weighted by molar-refractivity contribution is 5.89. The van der Waals surface area contributed by atoms with E-state index in [0.717, 1.165) is 22.8 Å². The lowest BCUT2D eigenvalue weighted by molar-refractivity contribution is 0.281. The Kier molecular flexibility index (Phi) is 5.81. The first-order valence-corrected chi connectivity index (χ1v) is 7.47. The number of nitrogens with zero attached hydrogens (tertiary/aromatic N) is 1. The molecule has 1 aromatic heterocycles. The van der Waals surface area contributed by atoms with Gasteiger partial charge in [0.15, 0.2) is 0 Å². The lowest BCUT2D eigenvalue weighted by atomic mass is 10.1. The molecule has 0 radical (unpaired) electrons. The molecule has 0 aliphatic rings. The molecule has 0 unspecified atom stereocenters. The second-order valence-corrected chi connectivity index (χ2v) is 5.05. The Morgan fingerprint density at radius 3 is 2.55 bits per heavy atom. The second-order valence-electron chi connectivity index (χ2n) is 5.05. The van der Waals surface area contributed by atoms with Gasteiger partial charge in [-0.2, -0.15) is 0 Å². The molecule has 0 atom stereocenters. The minimum Gasteiger partial charge on any atom is -0.477 e. The minimum atomic E-state index is 0.00477. The maximum absolute atomic E-state index is 9.34. The fraction of sp³-hybridized carbons (Fsp3) is 0.471. The molecule has 0 spiro atoms. The molecule has 0 aliphatic carbocycles. The van der Waals surface area contributed by atoms with E-state index >= 15 is 0 Å². The van der Waals surface area contributed by atoms with Crippen molar-refractivity contribution >= 4 is 10.8 Å². The summed E-state index contributed by atoms with van der Waals surface area (Å²) >= 11 is 0. The lowest BCUT2D eigenvalue weighted by Crippen LogP contribution is -2.01. The number of aliphatic hydroxyl groups excluding tert-OH is 1. The van der Waals surface area contributed by atoms with Gasteiger partial charge in [-0.15, -0.1) is 0 Å². The first-order chi connectivity index (χ1) is 9.86. The smallest absolute Gasteiger partial charge is 0.221 e. The van der Waals surface area contributed by atoms with Gasteiger partial charge in [0.1, 0.15) is 0 Å². The third kappa shape index (κ3) is 3.70. The molecule has 1 heterocycles. The molecule has 3 heteroatoms. The number of hydrogen-bond acceptors (Lipinski definition) is 3. The van der Waals surface area contributed by atoms with Crippen molar-refractivity contribution in [1.29, 1.82) is 0 Å². The number of rotatable bonds is 8. The molecule has 1 aromatic carbocycles. The number of hydrogen-bond donors (Lipinski definition) is 1. The molecular weight excluding hydrogens is 250 g/mol. The van der Waals surface area contributed by atoms with Gasteiger partial charge in [-0.1, -0.05) is 50.8 Å². The van der Waals surface area contributed by atoms with Crippen LogP contribution in [0.5, 0.6) is 5.88 Å². The molecule has 108 valence electrons. The minimum absolute atomic E-state index is 0.00477. The Morgan fingerprint density at radius 1 is 1.05 bits per heavy atom. The largest absolute Gasteiger partial charge is 0.477 e. The van der Waals surface area contributed by atoms with E-state index in [9.17, 15) is 5.11 Å². The van der Waals surface area contributed by atoms with Crippen LogP contribution in [-0.4, -0.2) is 16.7 Å². The number of aliphatic hydroxyl groups is 1. The predicted octanol–water partition coefficient (Wildman–Crippen LogP) is 4.08. The lowest BCUT2D eigenvalue weighted by Gasteiger charge is -2.10. The number of unbranched alkanes of at least 4 members (excludes halogenated alkanes) is 4. The van der Waals surface area contributed by atoms with Gasteiger partial charge in [-0.3, -0.25) is 0 Å². The van der Waals surface area contributed by atoms with Crippen molar-refractivity contribution in [3.8, 4) is 5.88 Å².